The minimum atomic E-state index is -0.356. The van der Waals surface area contributed by atoms with Crippen molar-refractivity contribution in [3.05, 3.63) is 92.4 Å². The first-order valence-corrected chi connectivity index (χ1v) is 9.79. The van der Waals surface area contributed by atoms with Gasteiger partial charge >= 0.3 is 0 Å². The number of aromatic nitrogens is 1. The molecule has 4 aromatic rings. The van der Waals surface area contributed by atoms with E-state index in [2.05, 4.69) is 23.2 Å². The van der Waals surface area contributed by atoms with Crippen LogP contribution in [0.2, 0.25) is 0 Å². The van der Waals surface area contributed by atoms with Crippen molar-refractivity contribution in [2.24, 2.45) is 0 Å². The Morgan fingerprint density at radius 3 is 2.11 bits per heavy atom. The molecule has 0 saturated heterocycles. The number of benzene rings is 2. The third-order valence-corrected chi connectivity index (χ3v) is 5.75. The van der Waals surface area contributed by atoms with E-state index in [9.17, 15) is 10.1 Å². The van der Waals surface area contributed by atoms with Gasteiger partial charge in [-0.15, -0.1) is 11.3 Å². The lowest BCUT2D eigenvalue weighted by Crippen LogP contribution is -2.12. The zero-order valence-corrected chi connectivity index (χ0v) is 16.4. The number of thiophene rings is 1. The van der Waals surface area contributed by atoms with Crippen LogP contribution in [-0.2, 0) is 0 Å². The molecule has 2 aromatic heterocycles. The van der Waals surface area contributed by atoms with Crippen LogP contribution in [-0.4, -0.2) is 4.98 Å². The lowest BCUT2D eigenvalue weighted by molar-refractivity contribution is 1.22. The van der Waals surface area contributed by atoms with Gasteiger partial charge in [0.05, 0.1) is 0 Å². The third-order valence-electron chi connectivity index (χ3n) is 4.78. The lowest BCUT2D eigenvalue weighted by Gasteiger charge is -2.09. The Kier molecular flexibility index (Phi) is 4.68. The quantitative estimate of drug-likeness (QED) is 0.478. The van der Waals surface area contributed by atoms with Crippen molar-refractivity contribution in [1.82, 2.24) is 4.98 Å². The predicted molar refractivity (Wildman–Crippen MR) is 115 cm³/mol. The predicted octanol–water partition coefficient (Wildman–Crippen LogP) is 5.93. The van der Waals surface area contributed by atoms with Crippen molar-refractivity contribution in [1.29, 1.82) is 5.26 Å². The Labute approximate surface area is 167 Å². The van der Waals surface area contributed by atoms with Crippen LogP contribution in [0.4, 0.5) is 0 Å². The van der Waals surface area contributed by atoms with Crippen molar-refractivity contribution in [3.8, 4) is 39.6 Å². The molecule has 1 N–H and O–H groups in total. The summed E-state index contributed by atoms with van der Waals surface area (Å²) in [5.41, 5.74) is 5.32. The standard InChI is InChI=1S/C24H18N2OS/c1-15-12-20(16(2)28-15)21-13-23(26-24(27)22(21)14-25)19-10-8-18(9-11-19)17-6-4-3-5-7-17/h3-13H,1-2H3,(H,26,27). The van der Waals surface area contributed by atoms with Crippen molar-refractivity contribution >= 4 is 11.3 Å². The minimum Gasteiger partial charge on any atom is -0.321 e. The molecule has 0 fully saturated rings. The normalized spacial score (nSPS) is 10.6. The first-order chi connectivity index (χ1) is 13.6. The molecule has 0 aliphatic heterocycles. The molecule has 4 rings (SSSR count). The van der Waals surface area contributed by atoms with Crippen LogP contribution in [0.15, 0.2) is 71.5 Å². The highest BCUT2D eigenvalue weighted by Gasteiger charge is 2.15. The SMILES string of the molecule is Cc1cc(-c2cc(-c3ccc(-c4ccccc4)cc3)[nH]c(=O)c2C#N)c(C)s1. The molecule has 0 unspecified atom stereocenters. The molecular formula is C24H18N2OS. The summed E-state index contributed by atoms with van der Waals surface area (Å²) in [6.45, 7) is 4.05. The maximum atomic E-state index is 12.6. The van der Waals surface area contributed by atoms with Crippen LogP contribution in [0, 0.1) is 25.2 Å². The van der Waals surface area contributed by atoms with Crippen molar-refractivity contribution in [3.63, 3.8) is 0 Å². The zero-order chi connectivity index (χ0) is 19.7. The van der Waals surface area contributed by atoms with E-state index in [4.69, 9.17) is 0 Å². The summed E-state index contributed by atoms with van der Waals surface area (Å²) < 4.78 is 0. The van der Waals surface area contributed by atoms with Gasteiger partial charge in [0.15, 0.2) is 0 Å². The van der Waals surface area contributed by atoms with E-state index in [1.165, 1.54) is 0 Å². The van der Waals surface area contributed by atoms with Crippen LogP contribution < -0.4 is 5.56 Å². The molecule has 0 bridgehead atoms. The molecule has 2 aromatic carbocycles. The molecule has 0 saturated carbocycles. The molecule has 28 heavy (non-hydrogen) atoms. The summed E-state index contributed by atoms with van der Waals surface area (Å²) in [5.74, 6) is 0. The fourth-order valence-electron chi connectivity index (χ4n) is 3.41. The summed E-state index contributed by atoms with van der Waals surface area (Å²) in [7, 11) is 0. The van der Waals surface area contributed by atoms with E-state index < -0.39 is 0 Å². The van der Waals surface area contributed by atoms with E-state index in [1.807, 2.05) is 68.4 Å². The number of hydrogen-bond acceptors (Lipinski definition) is 3. The summed E-state index contributed by atoms with van der Waals surface area (Å²) in [6.07, 6.45) is 0. The summed E-state index contributed by atoms with van der Waals surface area (Å²) in [5, 5.41) is 9.52. The summed E-state index contributed by atoms with van der Waals surface area (Å²) in [4.78, 5) is 17.7. The van der Waals surface area contributed by atoms with E-state index in [-0.39, 0.29) is 11.1 Å². The van der Waals surface area contributed by atoms with Crippen molar-refractivity contribution in [2.45, 2.75) is 13.8 Å². The number of pyridine rings is 1. The van der Waals surface area contributed by atoms with Crippen LogP contribution in [0.5, 0.6) is 0 Å². The van der Waals surface area contributed by atoms with Crippen LogP contribution in [0.3, 0.4) is 0 Å². The number of rotatable bonds is 3. The third kappa shape index (κ3) is 3.28. The summed E-state index contributed by atoms with van der Waals surface area (Å²) >= 11 is 1.67. The Bertz CT molecular complexity index is 1240. The second-order valence-corrected chi connectivity index (χ2v) is 8.14. The van der Waals surface area contributed by atoms with E-state index >= 15 is 0 Å². The average molecular weight is 382 g/mol. The van der Waals surface area contributed by atoms with Crippen molar-refractivity contribution in [2.75, 3.05) is 0 Å². The first-order valence-electron chi connectivity index (χ1n) is 8.97. The maximum Gasteiger partial charge on any atom is 0.266 e. The molecule has 0 radical (unpaired) electrons. The lowest BCUT2D eigenvalue weighted by atomic mass is 9.98. The zero-order valence-electron chi connectivity index (χ0n) is 15.6. The second-order valence-electron chi connectivity index (χ2n) is 6.68. The highest BCUT2D eigenvalue weighted by molar-refractivity contribution is 7.12. The Hall–Kier alpha value is -3.42. The number of nitrogens with zero attached hydrogens (tertiary/aromatic N) is 1. The second kappa shape index (κ2) is 7.30. The molecule has 4 heteroatoms. The molecule has 0 amide bonds. The van der Waals surface area contributed by atoms with Gasteiger partial charge in [0.1, 0.15) is 11.6 Å². The van der Waals surface area contributed by atoms with Gasteiger partial charge in [-0.1, -0.05) is 54.6 Å². The van der Waals surface area contributed by atoms with Gasteiger partial charge < -0.3 is 4.98 Å². The number of nitrogens with one attached hydrogen (secondary N) is 1. The van der Waals surface area contributed by atoms with Gasteiger partial charge in [-0.05, 0) is 48.2 Å². The number of H-pyrrole nitrogens is 1. The topological polar surface area (TPSA) is 56.6 Å². The Balaban J connectivity index is 1.82. The van der Waals surface area contributed by atoms with E-state index in [0.717, 1.165) is 32.0 Å². The first kappa shape index (κ1) is 18.0. The Morgan fingerprint density at radius 1 is 0.857 bits per heavy atom. The molecule has 2 heterocycles. The van der Waals surface area contributed by atoms with Gasteiger partial charge in [-0.2, -0.15) is 5.26 Å². The van der Waals surface area contributed by atoms with Crippen molar-refractivity contribution < 1.29 is 0 Å². The molecule has 136 valence electrons. The fourth-order valence-corrected chi connectivity index (χ4v) is 4.35. The number of aryl methyl sites for hydroxylation is 2. The molecule has 3 nitrogen and oxygen atoms in total. The van der Waals surface area contributed by atoms with E-state index in [0.29, 0.717) is 11.3 Å². The van der Waals surface area contributed by atoms with Gasteiger partial charge in [-0.25, -0.2) is 0 Å². The highest BCUT2D eigenvalue weighted by atomic mass is 32.1. The monoisotopic (exact) mass is 382 g/mol. The number of nitriles is 1. The van der Waals surface area contributed by atoms with E-state index in [1.54, 1.807) is 11.3 Å². The van der Waals surface area contributed by atoms with Crippen LogP contribution in [0.25, 0.3) is 33.5 Å². The molecule has 0 aliphatic rings. The molecule has 0 atom stereocenters. The van der Waals surface area contributed by atoms with Gasteiger partial charge in [0, 0.05) is 21.0 Å². The summed E-state index contributed by atoms with van der Waals surface area (Å²) in [6, 6.07) is 24.2. The smallest absolute Gasteiger partial charge is 0.266 e. The average Bonchev–Trinajstić information content (AvgIpc) is 3.06. The Morgan fingerprint density at radius 2 is 1.50 bits per heavy atom. The largest absolute Gasteiger partial charge is 0.321 e. The number of aromatic amines is 1. The maximum absolute atomic E-state index is 12.6. The van der Waals surface area contributed by atoms with Crippen LogP contribution >= 0.6 is 11.3 Å². The molecule has 0 spiro atoms. The van der Waals surface area contributed by atoms with Gasteiger partial charge in [-0.3, -0.25) is 4.79 Å². The fraction of sp³-hybridized carbons (Fsp3) is 0.0833. The van der Waals surface area contributed by atoms with Gasteiger partial charge in [0.2, 0.25) is 0 Å². The minimum absolute atomic E-state index is 0.158. The number of hydrogen-bond donors (Lipinski definition) is 1. The highest BCUT2D eigenvalue weighted by Crippen LogP contribution is 2.33. The molecule has 0 aliphatic carbocycles. The molecular weight excluding hydrogens is 364 g/mol. The van der Waals surface area contributed by atoms with Gasteiger partial charge in [0.25, 0.3) is 5.56 Å². The van der Waals surface area contributed by atoms with Crippen LogP contribution in [0.1, 0.15) is 15.3 Å².